The molecule has 2 aromatic rings. The Bertz CT molecular complexity index is 585. The van der Waals surface area contributed by atoms with Crippen LogP contribution >= 0.6 is 0 Å². The van der Waals surface area contributed by atoms with Crippen molar-refractivity contribution in [2.45, 2.75) is 20.8 Å². The summed E-state index contributed by atoms with van der Waals surface area (Å²) in [5.41, 5.74) is 3.01. The lowest BCUT2D eigenvalue weighted by Gasteiger charge is -2.10. The van der Waals surface area contributed by atoms with Crippen LogP contribution < -0.4 is 4.74 Å². The van der Waals surface area contributed by atoms with Crippen molar-refractivity contribution in [3.8, 4) is 11.5 Å². The van der Waals surface area contributed by atoms with Crippen molar-refractivity contribution in [1.29, 1.82) is 0 Å². The van der Waals surface area contributed by atoms with E-state index in [1.165, 1.54) is 11.1 Å². The fraction of sp³-hybridized carbons (Fsp3) is 0.188. The molecule has 0 saturated carbocycles. The minimum absolute atomic E-state index is 0.00873. The minimum Gasteiger partial charge on any atom is -0.457 e. The molecule has 0 bridgehead atoms. The Balaban J connectivity index is 2.34. The van der Waals surface area contributed by atoms with Crippen molar-refractivity contribution in [2.24, 2.45) is 0 Å². The molecule has 0 amide bonds. The van der Waals surface area contributed by atoms with Crippen LogP contribution in [0.4, 0.5) is 0 Å². The topological polar surface area (TPSA) is 26.3 Å². The van der Waals surface area contributed by atoms with E-state index in [1.807, 2.05) is 43.3 Å². The molecule has 0 spiro atoms. The van der Waals surface area contributed by atoms with Crippen molar-refractivity contribution < 1.29 is 9.53 Å². The van der Waals surface area contributed by atoms with E-state index in [0.717, 1.165) is 5.75 Å². The molecule has 18 heavy (non-hydrogen) atoms. The first kappa shape index (κ1) is 12.4. The van der Waals surface area contributed by atoms with Crippen LogP contribution in [0.5, 0.6) is 11.5 Å². The van der Waals surface area contributed by atoms with Gasteiger partial charge in [0.05, 0.1) is 5.56 Å². The highest BCUT2D eigenvalue weighted by molar-refractivity contribution is 5.96. The van der Waals surface area contributed by atoms with Gasteiger partial charge < -0.3 is 4.74 Å². The average molecular weight is 240 g/mol. The molecule has 0 aromatic heterocycles. The van der Waals surface area contributed by atoms with Gasteiger partial charge in [0.1, 0.15) is 11.5 Å². The summed E-state index contributed by atoms with van der Waals surface area (Å²) in [6.07, 6.45) is 0. The Morgan fingerprint density at radius 3 is 2.39 bits per heavy atom. The molecule has 2 nitrogen and oxygen atoms in total. The number of ether oxygens (including phenoxy) is 1. The number of hydrogen-bond donors (Lipinski definition) is 0. The van der Waals surface area contributed by atoms with E-state index in [0.29, 0.717) is 11.3 Å². The zero-order valence-electron chi connectivity index (χ0n) is 10.9. The molecule has 2 aromatic carbocycles. The number of para-hydroxylation sites is 1. The lowest BCUT2D eigenvalue weighted by Crippen LogP contribution is -1.96. The van der Waals surface area contributed by atoms with Crippen LogP contribution in [0.2, 0.25) is 0 Å². The molecule has 0 aliphatic heterocycles. The average Bonchev–Trinajstić information content (AvgIpc) is 2.34. The standard InChI is InChI=1S/C16H16O2/c1-11-8-9-14(10-12(11)2)18-16-7-5-4-6-15(16)13(3)17/h4-10H,1-3H3. The van der Waals surface area contributed by atoms with Crippen LogP contribution in [0, 0.1) is 13.8 Å². The van der Waals surface area contributed by atoms with Gasteiger partial charge in [0.2, 0.25) is 0 Å². The summed E-state index contributed by atoms with van der Waals surface area (Å²) in [5, 5.41) is 0. The Hall–Kier alpha value is -2.09. The molecule has 2 heteroatoms. The minimum atomic E-state index is 0.00873. The Labute approximate surface area is 107 Å². The van der Waals surface area contributed by atoms with Crippen LogP contribution in [0.15, 0.2) is 42.5 Å². The predicted molar refractivity (Wildman–Crippen MR) is 72.4 cm³/mol. The lowest BCUT2D eigenvalue weighted by atomic mass is 10.1. The van der Waals surface area contributed by atoms with Crippen LogP contribution in [-0.4, -0.2) is 5.78 Å². The maximum absolute atomic E-state index is 11.5. The first-order chi connectivity index (χ1) is 8.58. The molecule has 0 heterocycles. The van der Waals surface area contributed by atoms with Gasteiger partial charge in [0.15, 0.2) is 5.78 Å². The molecule has 0 aliphatic rings. The molecular weight excluding hydrogens is 224 g/mol. The fourth-order valence-corrected chi connectivity index (χ4v) is 1.75. The van der Waals surface area contributed by atoms with Crippen molar-refractivity contribution in [3.63, 3.8) is 0 Å². The van der Waals surface area contributed by atoms with E-state index in [9.17, 15) is 4.79 Å². The molecule has 0 saturated heterocycles. The van der Waals surface area contributed by atoms with E-state index in [2.05, 4.69) is 6.92 Å². The SMILES string of the molecule is CC(=O)c1ccccc1Oc1ccc(C)c(C)c1. The molecule has 0 aliphatic carbocycles. The second-order valence-corrected chi connectivity index (χ2v) is 4.40. The lowest BCUT2D eigenvalue weighted by molar-refractivity contribution is 0.101. The number of carbonyl (C=O) groups excluding carboxylic acids is 1. The molecule has 0 unspecified atom stereocenters. The van der Waals surface area contributed by atoms with Crippen LogP contribution in [0.3, 0.4) is 0 Å². The summed E-state index contributed by atoms with van der Waals surface area (Å²) in [6.45, 7) is 5.64. The van der Waals surface area contributed by atoms with Gasteiger partial charge in [-0.05, 0) is 56.2 Å². The molecule has 0 atom stereocenters. The highest BCUT2D eigenvalue weighted by Crippen LogP contribution is 2.26. The largest absolute Gasteiger partial charge is 0.457 e. The van der Waals surface area contributed by atoms with Gasteiger partial charge in [-0.3, -0.25) is 4.79 Å². The summed E-state index contributed by atoms with van der Waals surface area (Å²) < 4.78 is 5.79. The number of ketones is 1. The third-order valence-corrected chi connectivity index (χ3v) is 2.97. The van der Waals surface area contributed by atoms with Gasteiger partial charge >= 0.3 is 0 Å². The summed E-state index contributed by atoms with van der Waals surface area (Å²) in [7, 11) is 0. The maximum atomic E-state index is 11.5. The first-order valence-corrected chi connectivity index (χ1v) is 5.93. The second-order valence-electron chi connectivity index (χ2n) is 4.40. The summed E-state index contributed by atoms with van der Waals surface area (Å²) >= 11 is 0. The monoisotopic (exact) mass is 240 g/mol. The normalized spacial score (nSPS) is 10.2. The number of carbonyl (C=O) groups is 1. The zero-order chi connectivity index (χ0) is 13.1. The van der Waals surface area contributed by atoms with Gasteiger partial charge in [-0.25, -0.2) is 0 Å². The summed E-state index contributed by atoms with van der Waals surface area (Å²) in [6, 6.07) is 13.2. The third kappa shape index (κ3) is 2.59. The van der Waals surface area contributed by atoms with Crippen molar-refractivity contribution in [1.82, 2.24) is 0 Å². The number of rotatable bonds is 3. The second kappa shape index (κ2) is 5.05. The van der Waals surface area contributed by atoms with Crippen LogP contribution in [-0.2, 0) is 0 Å². The first-order valence-electron chi connectivity index (χ1n) is 5.93. The number of aryl methyl sites for hydroxylation is 2. The van der Waals surface area contributed by atoms with E-state index < -0.39 is 0 Å². The van der Waals surface area contributed by atoms with Crippen LogP contribution in [0.1, 0.15) is 28.4 Å². The van der Waals surface area contributed by atoms with Crippen LogP contribution in [0.25, 0.3) is 0 Å². The summed E-state index contributed by atoms with van der Waals surface area (Å²) in [5.74, 6) is 1.37. The molecule has 0 fully saturated rings. The van der Waals surface area contributed by atoms with Crippen molar-refractivity contribution in [3.05, 3.63) is 59.2 Å². The van der Waals surface area contributed by atoms with Crippen molar-refractivity contribution in [2.75, 3.05) is 0 Å². The van der Waals surface area contributed by atoms with Crippen molar-refractivity contribution >= 4 is 5.78 Å². The molecular formula is C16H16O2. The molecule has 0 N–H and O–H groups in total. The fourth-order valence-electron chi connectivity index (χ4n) is 1.75. The Morgan fingerprint density at radius 2 is 1.72 bits per heavy atom. The highest BCUT2D eigenvalue weighted by Gasteiger charge is 2.08. The molecule has 2 rings (SSSR count). The van der Waals surface area contributed by atoms with E-state index >= 15 is 0 Å². The summed E-state index contributed by atoms with van der Waals surface area (Å²) in [4.78, 5) is 11.5. The Kier molecular flexibility index (Phi) is 3.47. The predicted octanol–water partition coefficient (Wildman–Crippen LogP) is 4.30. The van der Waals surface area contributed by atoms with Gasteiger partial charge in [0, 0.05) is 0 Å². The molecule has 0 radical (unpaired) electrons. The number of Topliss-reactive ketones (excluding diaryl/α,β-unsaturated/α-hetero) is 1. The van der Waals surface area contributed by atoms with Gasteiger partial charge in [-0.2, -0.15) is 0 Å². The van der Waals surface area contributed by atoms with Gasteiger partial charge in [0.25, 0.3) is 0 Å². The van der Waals surface area contributed by atoms with Gasteiger partial charge in [-0.1, -0.05) is 18.2 Å². The maximum Gasteiger partial charge on any atom is 0.163 e. The van der Waals surface area contributed by atoms with E-state index in [4.69, 9.17) is 4.74 Å². The van der Waals surface area contributed by atoms with E-state index in [-0.39, 0.29) is 5.78 Å². The third-order valence-electron chi connectivity index (χ3n) is 2.97. The quantitative estimate of drug-likeness (QED) is 0.748. The Morgan fingerprint density at radius 1 is 1.00 bits per heavy atom. The zero-order valence-corrected chi connectivity index (χ0v) is 10.9. The smallest absolute Gasteiger partial charge is 0.163 e. The van der Waals surface area contributed by atoms with E-state index in [1.54, 1.807) is 13.0 Å². The number of benzene rings is 2. The highest BCUT2D eigenvalue weighted by atomic mass is 16.5. The molecule has 92 valence electrons. The van der Waals surface area contributed by atoms with Gasteiger partial charge in [-0.15, -0.1) is 0 Å². The number of hydrogen-bond acceptors (Lipinski definition) is 2.